The lowest BCUT2D eigenvalue weighted by Gasteiger charge is -2.11. The fourth-order valence-electron chi connectivity index (χ4n) is 2.42. The zero-order valence-electron chi connectivity index (χ0n) is 12.4. The number of hydrogen-bond donors (Lipinski definition) is 0. The molecule has 24 heavy (non-hydrogen) atoms. The van der Waals surface area contributed by atoms with Crippen LogP contribution in [0.15, 0.2) is 48.9 Å². The number of hydrogen-bond acceptors (Lipinski definition) is 6. The first-order valence-electron chi connectivity index (χ1n) is 7.05. The SMILES string of the molecule is O=Cc1cnc(-c2cccnc2-c2ccccn2)c(C=O)c1C=O. The van der Waals surface area contributed by atoms with Gasteiger partial charge in [0.15, 0.2) is 18.9 Å². The highest BCUT2D eigenvalue weighted by Crippen LogP contribution is 2.30. The molecule has 3 aromatic heterocycles. The molecule has 3 rings (SSSR count). The predicted octanol–water partition coefficient (Wildman–Crippen LogP) is 2.64. The average Bonchev–Trinajstić information content (AvgIpc) is 2.67. The van der Waals surface area contributed by atoms with Gasteiger partial charge in [-0.15, -0.1) is 0 Å². The molecule has 0 fully saturated rings. The van der Waals surface area contributed by atoms with Crippen molar-refractivity contribution in [3.05, 3.63) is 65.6 Å². The highest BCUT2D eigenvalue weighted by molar-refractivity contribution is 6.02. The van der Waals surface area contributed by atoms with E-state index in [-0.39, 0.29) is 22.4 Å². The fourth-order valence-corrected chi connectivity index (χ4v) is 2.42. The molecule has 0 aliphatic rings. The van der Waals surface area contributed by atoms with Crippen LogP contribution in [0.1, 0.15) is 31.1 Å². The van der Waals surface area contributed by atoms with Gasteiger partial charge in [-0.3, -0.25) is 29.3 Å². The van der Waals surface area contributed by atoms with Gasteiger partial charge >= 0.3 is 0 Å². The minimum absolute atomic E-state index is 0.0147. The predicted molar refractivity (Wildman–Crippen MR) is 86.9 cm³/mol. The van der Waals surface area contributed by atoms with Gasteiger partial charge in [0.1, 0.15) is 0 Å². The van der Waals surface area contributed by atoms with Crippen LogP contribution in [-0.2, 0) is 0 Å². The second-order valence-corrected chi connectivity index (χ2v) is 4.86. The van der Waals surface area contributed by atoms with Crippen LogP contribution in [0.25, 0.3) is 22.6 Å². The van der Waals surface area contributed by atoms with Crippen molar-refractivity contribution >= 4 is 18.9 Å². The summed E-state index contributed by atoms with van der Waals surface area (Å²) in [6.45, 7) is 0. The summed E-state index contributed by atoms with van der Waals surface area (Å²) in [5.74, 6) is 0. The Kier molecular flexibility index (Phi) is 4.29. The molecule has 0 saturated carbocycles. The van der Waals surface area contributed by atoms with Gasteiger partial charge in [-0.05, 0) is 24.3 Å². The topological polar surface area (TPSA) is 89.9 Å². The standard InChI is InChI=1S/C18H11N3O3/c22-9-12-8-21-17(15(11-24)14(12)10-23)13-4-3-7-20-18(13)16-5-1-2-6-19-16/h1-11H. The van der Waals surface area contributed by atoms with E-state index in [1.165, 1.54) is 6.20 Å². The lowest BCUT2D eigenvalue weighted by Crippen LogP contribution is -2.04. The maximum atomic E-state index is 11.5. The second kappa shape index (κ2) is 6.70. The Balaban J connectivity index is 2.30. The van der Waals surface area contributed by atoms with E-state index >= 15 is 0 Å². The van der Waals surface area contributed by atoms with Crippen molar-refractivity contribution in [1.82, 2.24) is 15.0 Å². The molecule has 0 N–H and O–H groups in total. The fraction of sp³-hybridized carbons (Fsp3) is 0. The van der Waals surface area contributed by atoms with Crippen LogP contribution in [0.2, 0.25) is 0 Å². The summed E-state index contributed by atoms with van der Waals surface area (Å²) in [4.78, 5) is 46.7. The molecule has 0 saturated heterocycles. The van der Waals surface area contributed by atoms with Crippen LogP contribution in [0.3, 0.4) is 0 Å². The van der Waals surface area contributed by atoms with Gasteiger partial charge in [0, 0.05) is 35.3 Å². The minimum atomic E-state index is 0.0147. The number of aromatic nitrogens is 3. The molecule has 0 amide bonds. The summed E-state index contributed by atoms with van der Waals surface area (Å²) in [6, 6.07) is 8.83. The Morgan fingerprint density at radius 2 is 1.50 bits per heavy atom. The third-order valence-electron chi connectivity index (χ3n) is 3.52. The van der Waals surface area contributed by atoms with Crippen molar-refractivity contribution in [2.24, 2.45) is 0 Å². The molecule has 0 radical (unpaired) electrons. The number of nitrogens with zero attached hydrogens (tertiary/aromatic N) is 3. The molecule has 0 spiro atoms. The van der Waals surface area contributed by atoms with Gasteiger partial charge in [0.25, 0.3) is 0 Å². The van der Waals surface area contributed by atoms with Crippen LogP contribution in [-0.4, -0.2) is 33.8 Å². The van der Waals surface area contributed by atoms with Gasteiger partial charge in [-0.1, -0.05) is 6.07 Å². The van der Waals surface area contributed by atoms with Crippen molar-refractivity contribution in [2.45, 2.75) is 0 Å². The minimum Gasteiger partial charge on any atom is -0.298 e. The Hall–Kier alpha value is -3.54. The van der Waals surface area contributed by atoms with Gasteiger partial charge in [-0.2, -0.15) is 0 Å². The summed E-state index contributed by atoms with van der Waals surface area (Å²) in [7, 11) is 0. The number of rotatable bonds is 5. The second-order valence-electron chi connectivity index (χ2n) is 4.86. The van der Waals surface area contributed by atoms with Gasteiger partial charge in [0.2, 0.25) is 0 Å². The molecule has 6 heteroatoms. The summed E-state index contributed by atoms with van der Waals surface area (Å²) < 4.78 is 0. The molecule has 0 aliphatic carbocycles. The molecule has 0 bridgehead atoms. The summed E-state index contributed by atoms with van der Waals surface area (Å²) in [5.41, 5.74) is 2.12. The van der Waals surface area contributed by atoms with Crippen LogP contribution in [0, 0.1) is 0 Å². The summed E-state index contributed by atoms with van der Waals surface area (Å²) in [5, 5.41) is 0. The van der Waals surface area contributed by atoms with E-state index in [1.807, 2.05) is 6.07 Å². The van der Waals surface area contributed by atoms with Gasteiger partial charge in [0.05, 0.1) is 22.6 Å². The van der Waals surface area contributed by atoms with E-state index in [4.69, 9.17) is 0 Å². The lowest BCUT2D eigenvalue weighted by atomic mass is 9.97. The molecule has 116 valence electrons. The van der Waals surface area contributed by atoms with Crippen molar-refractivity contribution in [3.63, 3.8) is 0 Å². The van der Waals surface area contributed by atoms with E-state index < -0.39 is 0 Å². The van der Waals surface area contributed by atoms with E-state index in [2.05, 4.69) is 15.0 Å². The smallest absolute Gasteiger partial charge is 0.152 e. The monoisotopic (exact) mass is 317 g/mol. The van der Waals surface area contributed by atoms with Gasteiger partial charge < -0.3 is 0 Å². The Morgan fingerprint density at radius 1 is 0.708 bits per heavy atom. The summed E-state index contributed by atoms with van der Waals surface area (Å²) >= 11 is 0. The van der Waals surface area contributed by atoms with Crippen molar-refractivity contribution in [2.75, 3.05) is 0 Å². The van der Waals surface area contributed by atoms with Gasteiger partial charge in [-0.25, -0.2) is 0 Å². The van der Waals surface area contributed by atoms with E-state index in [0.717, 1.165) is 0 Å². The summed E-state index contributed by atoms with van der Waals surface area (Å²) in [6.07, 6.45) is 6.01. The molecule has 0 atom stereocenters. The zero-order chi connectivity index (χ0) is 16.9. The molecule has 3 heterocycles. The molecule has 3 aromatic rings. The van der Waals surface area contributed by atoms with Crippen LogP contribution >= 0.6 is 0 Å². The number of pyridine rings is 3. The first-order chi connectivity index (χ1) is 11.8. The van der Waals surface area contributed by atoms with Crippen molar-refractivity contribution < 1.29 is 14.4 Å². The first-order valence-corrected chi connectivity index (χ1v) is 7.05. The van der Waals surface area contributed by atoms with E-state index in [0.29, 0.717) is 35.8 Å². The lowest BCUT2D eigenvalue weighted by molar-refractivity contribution is 0.108. The largest absolute Gasteiger partial charge is 0.298 e. The number of aldehydes is 3. The third-order valence-corrected chi connectivity index (χ3v) is 3.52. The highest BCUT2D eigenvalue weighted by Gasteiger charge is 2.18. The normalized spacial score (nSPS) is 10.2. The maximum absolute atomic E-state index is 11.5. The van der Waals surface area contributed by atoms with Crippen LogP contribution < -0.4 is 0 Å². The first kappa shape index (κ1) is 15.4. The quantitative estimate of drug-likeness (QED) is 0.672. The Labute approximate surface area is 137 Å². The molecular formula is C18H11N3O3. The maximum Gasteiger partial charge on any atom is 0.152 e. The number of carbonyl (C=O) groups is 3. The van der Waals surface area contributed by atoms with E-state index in [9.17, 15) is 14.4 Å². The molecule has 0 unspecified atom stereocenters. The van der Waals surface area contributed by atoms with E-state index in [1.54, 1.807) is 36.7 Å². The molecule has 0 aliphatic heterocycles. The Morgan fingerprint density at radius 3 is 2.17 bits per heavy atom. The molecular weight excluding hydrogens is 306 g/mol. The van der Waals surface area contributed by atoms with Crippen LogP contribution in [0.5, 0.6) is 0 Å². The molecule has 6 nitrogen and oxygen atoms in total. The van der Waals surface area contributed by atoms with Crippen LogP contribution in [0.4, 0.5) is 0 Å². The van der Waals surface area contributed by atoms with Crippen molar-refractivity contribution in [1.29, 1.82) is 0 Å². The zero-order valence-corrected chi connectivity index (χ0v) is 12.4. The average molecular weight is 317 g/mol. The molecule has 0 aromatic carbocycles. The highest BCUT2D eigenvalue weighted by atomic mass is 16.1. The number of carbonyl (C=O) groups excluding carboxylic acids is 3. The Bertz CT molecular complexity index is 924. The van der Waals surface area contributed by atoms with Crippen molar-refractivity contribution in [3.8, 4) is 22.6 Å². The third kappa shape index (κ3) is 2.61.